The molecule has 0 amide bonds. The first-order valence-corrected chi connectivity index (χ1v) is 5.37. The van der Waals surface area contributed by atoms with Gasteiger partial charge in [-0.1, -0.05) is 15.9 Å². The zero-order valence-corrected chi connectivity index (χ0v) is 9.76. The summed E-state index contributed by atoms with van der Waals surface area (Å²) in [4.78, 5) is 11.3. The molecule has 0 atom stereocenters. The van der Waals surface area contributed by atoms with E-state index < -0.39 is 34.4 Å². The number of carbonyl (C=O) groups is 1. The van der Waals surface area contributed by atoms with Crippen molar-refractivity contribution in [2.45, 2.75) is 6.18 Å². The van der Waals surface area contributed by atoms with E-state index in [1.807, 2.05) is 0 Å². The monoisotopic (exact) mass is 307 g/mol. The smallest absolute Gasteiger partial charge is 0.421 e. The molecule has 0 spiro atoms. The summed E-state index contributed by atoms with van der Waals surface area (Å²) >= 11 is 2.79. The fourth-order valence-corrected chi connectivity index (χ4v) is 1.57. The number of halogens is 4. The van der Waals surface area contributed by atoms with Gasteiger partial charge in [-0.15, -0.1) is 0 Å². The maximum atomic E-state index is 12.6. The molecule has 1 aromatic carbocycles. The van der Waals surface area contributed by atoms with E-state index in [1.165, 1.54) is 6.07 Å². The second-order valence-corrected chi connectivity index (χ2v) is 3.61. The Morgan fingerprint density at radius 2 is 2.06 bits per heavy atom. The number of rotatable bonds is 2. The van der Waals surface area contributed by atoms with Crippen molar-refractivity contribution >= 4 is 21.7 Å². The van der Waals surface area contributed by atoms with Crippen LogP contribution < -0.4 is 0 Å². The van der Waals surface area contributed by atoms with Crippen molar-refractivity contribution in [2.75, 3.05) is 5.33 Å². The van der Waals surface area contributed by atoms with Gasteiger partial charge in [0, 0.05) is 0 Å². The number of Topliss-reactive ketones (excluding diaryl/α,β-unsaturated/α-hetero) is 1. The molecule has 1 rings (SSSR count). The Bertz CT molecular complexity index is 505. The third kappa shape index (κ3) is 2.58. The topological polar surface area (TPSA) is 61.1 Å². The van der Waals surface area contributed by atoms with Gasteiger partial charge in [-0.2, -0.15) is 18.4 Å². The van der Waals surface area contributed by atoms with Crippen molar-refractivity contribution < 1.29 is 23.1 Å². The van der Waals surface area contributed by atoms with Crippen LogP contribution in [0.4, 0.5) is 13.2 Å². The number of phenols is 1. The molecule has 0 bridgehead atoms. The van der Waals surface area contributed by atoms with Crippen molar-refractivity contribution in [2.24, 2.45) is 0 Å². The lowest BCUT2D eigenvalue weighted by Gasteiger charge is -2.12. The quantitative estimate of drug-likeness (QED) is 0.675. The van der Waals surface area contributed by atoms with Gasteiger partial charge < -0.3 is 5.11 Å². The van der Waals surface area contributed by atoms with Crippen LogP contribution in [-0.4, -0.2) is 16.2 Å². The largest absolute Gasteiger partial charge is 0.507 e. The third-order valence-corrected chi connectivity index (χ3v) is 2.51. The van der Waals surface area contributed by atoms with E-state index in [0.29, 0.717) is 0 Å². The molecule has 0 radical (unpaired) electrons. The lowest BCUT2D eigenvalue weighted by molar-refractivity contribution is -0.139. The normalized spacial score (nSPS) is 11.0. The molecule has 0 fully saturated rings. The van der Waals surface area contributed by atoms with Crippen LogP contribution in [0.3, 0.4) is 0 Å². The van der Waals surface area contributed by atoms with E-state index in [-0.39, 0.29) is 5.33 Å². The molecule has 90 valence electrons. The summed E-state index contributed by atoms with van der Waals surface area (Å²) in [7, 11) is 0. The Hall–Kier alpha value is -1.55. The van der Waals surface area contributed by atoms with Crippen molar-refractivity contribution in [1.29, 1.82) is 5.26 Å². The molecule has 0 heterocycles. The first kappa shape index (κ1) is 13.5. The number of ketones is 1. The van der Waals surface area contributed by atoms with Crippen molar-refractivity contribution in [3.63, 3.8) is 0 Å². The highest BCUT2D eigenvalue weighted by Gasteiger charge is 2.38. The summed E-state index contributed by atoms with van der Waals surface area (Å²) in [6, 6.07) is 3.18. The molecule has 3 nitrogen and oxygen atoms in total. The molecule has 1 aromatic rings. The number of nitrogens with zero attached hydrogens (tertiary/aromatic N) is 1. The zero-order chi connectivity index (χ0) is 13.2. The molecule has 0 unspecified atom stereocenters. The van der Waals surface area contributed by atoms with Gasteiger partial charge in [0.1, 0.15) is 11.3 Å². The molecule has 0 saturated heterocycles. The minimum absolute atomic E-state index is 0.218. The minimum atomic E-state index is -4.89. The van der Waals surface area contributed by atoms with Crippen LogP contribution in [0.15, 0.2) is 12.1 Å². The van der Waals surface area contributed by atoms with Gasteiger partial charge in [0.2, 0.25) is 0 Å². The van der Waals surface area contributed by atoms with Crippen LogP contribution in [0.25, 0.3) is 0 Å². The van der Waals surface area contributed by atoms with Gasteiger partial charge in [0.05, 0.1) is 22.5 Å². The van der Waals surface area contributed by atoms with Crippen LogP contribution in [0.5, 0.6) is 5.75 Å². The number of nitriles is 1. The highest BCUT2D eigenvalue weighted by molar-refractivity contribution is 9.09. The lowest BCUT2D eigenvalue weighted by atomic mass is 10.0. The molecule has 0 aromatic heterocycles. The van der Waals surface area contributed by atoms with E-state index in [9.17, 15) is 23.1 Å². The number of hydrogen-bond acceptors (Lipinski definition) is 3. The fraction of sp³-hybridized carbons (Fsp3) is 0.200. The minimum Gasteiger partial charge on any atom is -0.507 e. The van der Waals surface area contributed by atoms with Gasteiger partial charge in [-0.05, 0) is 12.1 Å². The first-order valence-electron chi connectivity index (χ1n) is 4.25. The van der Waals surface area contributed by atoms with Crippen molar-refractivity contribution in [3.05, 3.63) is 28.8 Å². The molecular formula is C10H5BrF3NO2. The Kier molecular flexibility index (Phi) is 3.78. The fourth-order valence-electron chi connectivity index (χ4n) is 1.27. The predicted molar refractivity (Wildman–Crippen MR) is 55.9 cm³/mol. The van der Waals surface area contributed by atoms with E-state index in [4.69, 9.17) is 5.26 Å². The van der Waals surface area contributed by atoms with Gasteiger partial charge in [0.15, 0.2) is 5.78 Å². The summed E-state index contributed by atoms with van der Waals surface area (Å²) in [5.41, 5.74) is -2.67. The number of benzene rings is 1. The summed E-state index contributed by atoms with van der Waals surface area (Å²) in [6.45, 7) is 0. The molecular weight excluding hydrogens is 303 g/mol. The summed E-state index contributed by atoms with van der Waals surface area (Å²) < 4.78 is 37.8. The van der Waals surface area contributed by atoms with E-state index in [2.05, 4.69) is 15.9 Å². The van der Waals surface area contributed by atoms with Crippen LogP contribution in [0, 0.1) is 11.3 Å². The Balaban J connectivity index is 3.56. The number of aromatic hydroxyl groups is 1. The predicted octanol–water partition coefficient (Wildman–Crippen LogP) is 2.86. The molecule has 0 aliphatic carbocycles. The summed E-state index contributed by atoms with van der Waals surface area (Å²) in [6.07, 6.45) is -4.89. The third-order valence-electron chi connectivity index (χ3n) is 2.00. The van der Waals surface area contributed by atoms with Gasteiger partial charge >= 0.3 is 6.18 Å². The maximum absolute atomic E-state index is 12.6. The van der Waals surface area contributed by atoms with Crippen LogP contribution >= 0.6 is 15.9 Å². The number of hydrogen-bond donors (Lipinski definition) is 1. The second-order valence-electron chi connectivity index (χ2n) is 3.05. The van der Waals surface area contributed by atoms with E-state index >= 15 is 0 Å². The summed E-state index contributed by atoms with van der Waals surface area (Å²) in [5.74, 6) is -1.90. The Morgan fingerprint density at radius 3 is 2.47 bits per heavy atom. The Labute approximate surface area is 103 Å². The number of carbonyl (C=O) groups excluding carboxylic acids is 1. The zero-order valence-electron chi connectivity index (χ0n) is 8.18. The van der Waals surface area contributed by atoms with Crippen LogP contribution in [0.2, 0.25) is 0 Å². The first-order chi connectivity index (χ1) is 7.82. The number of alkyl halides is 4. The second kappa shape index (κ2) is 4.75. The average molecular weight is 308 g/mol. The van der Waals surface area contributed by atoms with E-state index in [0.717, 1.165) is 12.1 Å². The summed E-state index contributed by atoms with van der Waals surface area (Å²) in [5, 5.41) is 17.7. The van der Waals surface area contributed by atoms with Gasteiger partial charge in [0.25, 0.3) is 0 Å². The molecule has 17 heavy (non-hydrogen) atoms. The highest BCUT2D eigenvalue weighted by atomic mass is 79.9. The average Bonchev–Trinajstić information content (AvgIpc) is 2.25. The standard InChI is InChI=1S/C10H5BrF3NO2/c11-3-7(16)6-2-1-5(4-15)8(9(6)17)10(12,13)14/h1-2,17H,3H2. The number of phenolic OH excluding ortho intramolecular Hbond substituents is 1. The van der Waals surface area contributed by atoms with Gasteiger partial charge in [-0.3, -0.25) is 4.79 Å². The van der Waals surface area contributed by atoms with Crippen molar-refractivity contribution in [3.8, 4) is 11.8 Å². The van der Waals surface area contributed by atoms with E-state index in [1.54, 1.807) is 0 Å². The lowest BCUT2D eigenvalue weighted by Crippen LogP contribution is -2.11. The molecule has 7 heteroatoms. The molecule has 0 aliphatic rings. The molecule has 0 aliphatic heterocycles. The maximum Gasteiger partial charge on any atom is 0.421 e. The molecule has 0 saturated carbocycles. The molecule has 1 N–H and O–H groups in total. The Morgan fingerprint density at radius 1 is 1.47 bits per heavy atom. The SMILES string of the molecule is N#Cc1ccc(C(=O)CBr)c(O)c1C(F)(F)F. The van der Waals surface area contributed by atoms with Crippen molar-refractivity contribution in [1.82, 2.24) is 0 Å². The van der Waals surface area contributed by atoms with Crippen LogP contribution in [0.1, 0.15) is 21.5 Å². The highest BCUT2D eigenvalue weighted by Crippen LogP contribution is 2.40. The van der Waals surface area contributed by atoms with Crippen LogP contribution in [-0.2, 0) is 6.18 Å². The van der Waals surface area contributed by atoms with Gasteiger partial charge in [-0.25, -0.2) is 0 Å².